The van der Waals surface area contributed by atoms with Crippen LogP contribution in [0.25, 0.3) is 0 Å². The van der Waals surface area contributed by atoms with Gasteiger partial charge in [-0.25, -0.2) is 0 Å². The topological polar surface area (TPSA) is 58.4 Å². The molecule has 1 fully saturated rings. The average Bonchev–Trinajstić information content (AvgIpc) is 2.91. The van der Waals surface area contributed by atoms with Crippen molar-refractivity contribution in [3.05, 3.63) is 35.9 Å². The predicted molar refractivity (Wildman–Crippen MR) is 76.7 cm³/mol. The predicted octanol–water partition coefficient (Wildman–Crippen LogP) is 1.07. The van der Waals surface area contributed by atoms with Crippen LogP contribution >= 0.6 is 0 Å². The number of hydrogen-bond acceptors (Lipinski definition) is 3. The van der Waals surface area contributed by atoms with Gasteiger partial charge in [0.1, 0.15) is 5.54 Å². The van der Waals surface area contributed by atoms with E-state index in [0.717, 1.165) is 18.7 Å². The Labute approximate surface area is 115 Å². The molecule has 4 nitrogen and oxygen atoms in total. The average molecular weight is 261 g/mol. The first-order chi connectivity index (χ1) is 9.19. The normalized spacial score (nSPS) is 19.2. The number of likely N-dealkylation sites (N-methyl/N-ethyl adjacent to an activating group) is 1. The summed E-state index contributed by atoms with van der Waals surface area (Å²) in [6, 6.07) is 9.81. The summed E-state index contributed by atoms with van der Waals surface area (Å²) in [4.78, 5) is 14.5. The Morgan fingerprint density at radius 2 is 1.95 bits per heavy atom. The Balaban J connectivity index is 2.32. The molecule has 1 amide bonds. The number of benzene rings is 1. The van der Waals surface area contributed by atoms with Crippen molar-refractivity contribution in [2.24, 2.45) is 5.73 Å². The fourth-order valence-electron chi connectivity index (χ4n) is 2.86. The van der Waals surface area contributed by atoms with E-state index in [4.69, 9.17) is 5.73 Å². The fraction of sp³-hybridized carbons (Fsp3) is 0.533. The third-order valence-corrected chi connectivity index (χ3v) is 3.83. The van der Waals surface area contributed by atoms with Crippen molar-refractivity contribution < 1.29 is 4.79 Å². The molecule has 0 spiro atoms. The van der Waals surface area contributed by atoms with Crippen molar-refractivity contribution >= 4 is 5.91 Å². The van der Waals surface area contributed by atoms with Crippen LogP contribution in [0.15, 0.2) is 30.3 Å². The Kier molecular flexibility index (Phi) is 4.56. The first-order valence-electron chi connectivity index (χ1n) is 7.02. The van der Waals surface area contributed by atoms with E-state index in [-0.39, 0.29) is 5.91 Å². The molecule has 0 aliphatic carbocycles. The molecule has 1 aliphatic rings. The van der Waals surface area contributed by atoms with Gasteiger partial charge in [0, 0.05) is 6.54 Å². The summed E-state index contributed by atoms with van der Waals surface area (Å²) in [5, 5.41) is 3.32. The van der Waals surface area contributed by atoms with E-state index >= 15 is 0 Å². The summed E-state index contributed by atoms with van der Waals surface area (Å²) in [5.41, 5.74) is 5.92. The maximum absolute atomic E-state index is 12.1. The Morgan fingerprint density at radius 3 is 2.47 bits per heavy atom. The van der Waals surface area contributed by atoms with Gasteiger partial charge in [-0.2, -0.15) is 0 Å². The molecular formula is C15H23N3O. The zero-order valence-electron chi connectivity index (χ0n) is 11.6. The van der Waals surface area contributed by atoms with Gasteiger partial charge in [-0.05, 0) is 38.0 Å². The quantitative estimate of drug-likeness (QED) is 0.805. The molecule has 3 N–H and O–H groups in total. The third-order valence-electron chi connectivity index (χ3n) is 3.83. The summed E-state index contributed by atoms with van der Waals surface area (Å²) >= 11 is 0. The van der Waals surface area contributed by atoms with Crippen molar-refractivity contribution in [1.29, 1.82) is 0 Å². The Morgan fingerprint density at radius 1 is 1.32 bits per heavy atom. The van der Waals surface area contributed by atoms with Gasteiger partial charge in [0.15, 0.2) is 0 Å². The van der Waals surface area contributed by atoms with Crippen LogP contribution in [0.1, 0.15) is 25.3 Å². The number of amides is 1. The minimum Gasteiger partial charge on any atom is -0.368 e. The zero-order valence-corrected chi connectivity index (χ0v) is 11.6. The molecule has 1 heterocycles. The monoisotopic (exact) mass is 261 g/mol. The number of primary amides is 1. The summed E-state index contributed by atoms with van der Waals surface area (Å²) in [7, 11) is 0. The van der Waals surface area contributed by atoms with Gasteiger partial charge in [-0.15, -0.1) is 0 Å². The zero-order chi connectivity index (χ0) is 13.7. The third kappa shape index (κ3) is 2.96. The lowest BCUT2D eigenvalue weighted by atomic mass is 9.88. The highest BCUT2D eigenvalue weighted by atomic mass is 16.1. The lowest BCUT2D eigenvalue weighted by Gasteiger charge is -2.35. The van der Waals surface area contributed by atoms with Crippen LogP contribution in [0.3, 0.4) is 0 Å². The second-order valence-corrected chi connectivity index (χ2v) is 5.15. The van der Waals surface area contributed by atoms with E-state index in [1.165, 1.54) is 12.8 Å². The molecule has 4 heteroatoms. The summed E-state index contributed by atoms with van der Waals surface area (Å²) < 4.78 is 0. The number of nitrogens with one attached hydrogen (secondary N) is 1. The first kappa shape index (κ1) is 14.0. The second-order valence-electron chi connectivity index (χ2n) is 5.15. The summed E-state index contributed by atoms with van der Waals surface area (Å²) in [6.07, 6.45) is 2.41. The summed E-state index contributed by atoms with van der Waals surface area (Å²) in [5.74, 6) is -0.299. The molecule has 1 unspecified atom stereocenters. The van der Waals surface area contributed by atoms with Gasteiger partial charge in [0.05, 0.1) is 0 Å². The smallest absolute Gasteiger partial charge is 0.243 e. The van der Waals surface area contributed by atoms with Gasteiger partial charge in [-0.3, -0.25) is 10.1 Å². The molecule has 1 atom stereocenters. The number of carbonyl (C=O) groups is 1. The standard InChI is InChI=1S/C15H23N3O/c1-2-17-15(14(16)19,12-18-10-6-7-11-18)13-8-4-3-5-9-13/h3-5,8-9,17H,2,6-7,10-12H2,1H3,(H2,16,19). The Bertz CT molecular complexity index is 415. The fourth-order valence-corrected chi connectivity index (χ4v) is 2.86. The minimum absolute atomic E-state index is 0.299. The van der Waals surface area contributed by atoms with E-state index in [2.05, 4.69) is 10.2 Å². The van der Waals surface area contributed by atoms with Crippen LogP contribution in [0.2, 0.25) is 0 Å². The number of likely N-dealkylation sites (tertiary alicyclic amines) is 1. The van der Waals surface area contributed by atoms with Crippen molar-refractivity contribution in [2.75, 3.05) is 26.2 Å². The lowest BCUT2D eigenvalue weighted by Crippen LogP contribution is -2.58. The van der Waals surface area contributed by atoms with E-state index in [0.29, 0.717) is 13.1 Å². The van der Waals surface area contributed by atoms with E-state index in [1.807, 2.05) is 37.3 Å². The number of carbonyl (C=O) groups excluding carboxylic acids is 1. The summed E-state index contributed by atoms with van der Waals surface area (Å²) in [6.45, 7) is 5.47. The lowest BCUT2D eigenvalue weighted by molar-refractivity contribution is -0.125. The van der Waals surface area contributed by atoms with E-state index in [1.54, 1.807) is 0 Å². The molecule has 1 saturated heterocycles. The molecule has 0 radical (unpaired) electrons. The molecule has 1 aromatic rings. The largest absolute Gasteiger partial charge is 0.368 e. The van der Waals surface area contributed by atoms with Gasteiger partial charge in [-0.1, -0.05) is 37.3 Å². The number of nitrogens with two attached hydrogens (primary N) is 1. The van der Waals surface area contributed by atoms with Gasteiger partial charge < -0.3 is 10.6 Å². The molecule has 2 rings (SSSR count). The van der Waals surface area contributed by atoms with Gasteiger partial charge in [0.25, 0.3) is 0 Å². The second kappa shape index (κ2) is 6.17. The number of rotatable bonds is 6. The minimum atomic E-state index is -0.777. The first-order valence-corrected chi connectivity index (χ1v) is 7.02. The highest BCUT2D eigenvalue weighted by Crippen LogP contribution is 2.24. The van der Waals surface area contributed by atoms with Crippen LogP contribution in [0.4, 0.5) is 0 Å². The highest BCUT2D eigenvalue weighted by Gasteiger charge is 2.39. The number of hydrogen-bond donors (Lipinski definition) is 2. The maximum Gasteiger partial charge on any atom is 0.243 e. The van der Waals surface area contributed by atoms with Crippen LogP contribution in [-0.4, -0.2) is 37.0 Å². The molecule has 0 aromatic heterocycles. The van der Waals surface area contributed by atoms with Crippen molar-refractivity contribution in [1.82, 2.24) is 10.2 Å². The van der Waals surface area contributed by atoms with Crippen LogP contribution in [0, 0.1) is 0 Å². The molecule has 104 valence electrons. The van der Waals surface area contributed by atoms with E-state index < -0.39 is 5.54 Å². The molecule has 0 bridgehead atoms. The molecule has 1 aromatic carbocycles. The van der Waals surface area contributed by atoms with Crippen LogP contribution in [-0.2, 0) is 10.3 Å². The van der Waals surface area contributed by atoms with Crippen molar-refractivity contribution in [3.63, 3.8) is 0 Å². The molecule has 1 aliphatic heterocycles. The van der Waals surface area contributed by atoms with Crippen LogP contribution < -0.4 is 11.1 Å². The SMILES string of the molecule is CCNC(CN1CCCC1)(C(N)=O)c1ccccc1. The maximum atomic E-state index is 12.1. The van der Waals surface area contributed by atoms with Gasteiger partial charge >= 0.3 is 0 Å². The number of nitrogens with zero attached hydrogens (tertiary/aromatic N) is 1. The van der Waals surface area contributed by atoms with E-state index in [9.17, 15) is 4.79 Å². The Hall–Kier alpha value is -1.39. The highest BCUT2D eigenvalue weighted by molar-refractivity contribution is 5.86. The van der Waals surface area contributed by atoms with Gasteiger partial charge in [0.2, 0.25) is 5.91 Å². The van der Waals surface area contributed by atoms with Crippen LogP contribution in [0.5, 0.6) is 0 Å². The van der Waals surface area contributed by atoms with Crippen molar-refractivity contribution in [3.8, 4) is 0 Å². The molecule has 0 saturated carbocycles. The molecular weight excluding hydrogens is 238 g/mol. The van der Waals surface area contributed by atoms with Crippen molar-refractivity contribution in [2.45, 2.75) is 25.3 Å². The molecule has 19 heavy (non-hydrogen) atoms.